The highest BCUT2D eigenvalue weighted by Crippen LogP contribution is 2.36. The van der Waals surface area contributed by atoms with Gasteiger partial charge in [-0.3, -0.25) is 9.79 Å². The molecule has 160 valence electrons. The third kappa shape index (κ3) is 4.32. The molecular formula is C21H26N4O4S. The molecule has 1 aromatic carbocycles. The van der Waals surface area contributed by atoms with E-state index in [4.69, 9.17) is 9.73 Å². The van der Waals surface area contributed by atoms with Crippen LogP contribution in [0.15, 0.2) is 29.3 Å². The highest BCUT2D eigenvalue weighted by atomic mass is 32.1. The van der Waals surface area contributed by atoms with Gasteiger partial charge in [-0.05, 0) is 50.7 Å². The molecular weight excluding hydrogens is 404 g/mol. The maximum Gasteiger partial charge on any atom is 0.331 e. The van der Waals surface area contributed by atoms with Crippen LogP contribution in [-0.2, 0) is 16.6 Å². The minimum Gasteiger partial charge on any atom is -0.467 e. The van der Waals surface area contributed by atoms with Gasteiger partial charge in [-0.15, -0.1) is 0 Å². The summed E-state index contributed by atoms with van der Waals surface area (Å²) < 4.78 is 6.54. The molecule has 0 unspecified atom stereocenters. The van der Waals surface area contributed by atoms with Gasteiger partial charge in [0.05, 0.1) is 19.3 Å². The van der Waals surface area contributed by atoms with E-state index in [9.17, 15) is 14.7 Å². The SMILES string of the molecule is COC(=O)C1(NC(=O)c2ccc(-c3nn(C)c(=N[C@@H]4CCC[C@@H](O)C4)s3)cc2)CC1. The van der Waals surface area contributed by atoms with E-state index >= 15 is 0 Å². The first kappa shape index (κ1) is 20.7. The fourth-order valence-corrected chi connectivity index (χ4v) is 4.71. The smallest absolute Gasteiger partial charge is 0.331 e. The predicted molar refractivity (Wildman–Crippen MR) is 112 cm³/mol. The molecule has 2 fully saturated rings. The second-order valence-corrected chi connectivity index (χ2v) is 8.98. The number of hydrogen-bond donors (Lipinski definition) is 2. The lowest BCUT2D eigenvalue weighted by atomic mass is 9.94. The molecule has 0 radical (unpaired) electrons. The van der Waals surface area contributed by atoms with Gasteiger partial charge in [-0.1, -0.05) is 23.5 Å². The van der Waals surface area contributed by atoms with Crippen LogP contribution in [0.4, 0.5) is 0 Å². The van der Waals surface area contributed by atoms with Crippen LogP contribution in [-0.4, -0.2) is 51.6 Å². The van der Waals surface area contributed by atoms with Crippen LogP contribution in [0.2, 0.25) is 0 Å². The van der Waals surface area contributed by atoms with Crippen molar-refractivity contribution in [1.29, 1.82) is 0 Å². The maximum absolute atomic E-state index is 12.5. The van der Waals surface area contributed by atoms with E-state index in [0.29, 0.717) is 24.8 Å². The molecule has 9 heteroatoms. The molecule has 2 aliphatic carbocycles. The number of carbonyl (C=O) groups excluding carboxylic acids is 2. The number of esters is 1. The zero-order chi connectivity index (χ0) is 21.3. The van der Waals surface area contributed by atoms with Crippen molar-refractivity contribution in [3.05, 3.63) is 34.6 Å². The van der Waals surface area contributed by atoms with E-state index in [2.05, 4.69) is 10.4 Å². The summed E-state index contributed by atoms with van der Waals surface area (Å²) in [5.74, 6) is -0.690. The monoisotopic (exact) mass is 430 g/mol. The van der Waals surface area contributed by atoms with Gasteiger partial charge < -0.3 is 15.2 Å². The lowest BCUT2D eigenvalue weighted by molar-refractivity contribution is -0.144. The van der Waals surface area contributed by atoms with Crippen molar-refractivity contribution in [3.63, 3.8) is 0 Å². The molecule has 2 aliphatic rings. The highest BCUT2D eigenvalue weighted by molar-refractivity contribution is 7.12. The molecule has 0 spiro atoms. The molecule has 0 saturated heterocycles. The molecule has 30 heavy (non-hydrogen) atoms. The standard InChI is InChI=1S/C21H26N4O4S/c1-25-20(22-15-4-3-5-16(26)12-15)30-18(24-25)14-8-6-13(7-9-14)17(27)23-21(10-11-21)19(28)29-2/h6-9,15-16,26H,3-5,10-12H2,1-2H3,(H,23,27)/t15-,16-/m1/s1. The largest absolute Gasteiger partial charge is 0.467 e. The number of ether oxygens (including phenoxy) is 1. The van der Waals surface area contributed by atoms with Crippen molar-refractivity contribution >= 4 is 23.2 Å². The Hall–Kier alpha value is -2.52. The molecule has 2 atom stereocenters. The van der Waals surface area contributed by atoms with Crippen molar-refractivity contribution < 1.29 is 19.4 Å². The summed E-state index contributed by atoms with van der Waals surface area (Å²) in [6.45, 7) is 0. The van der Waals surface area contributed by atoms with Crippen molar-refractivity contribution in [1.82, 2.24) is 15.1 Å². The number of aryl methyl sites for hydroxylation is 1. The van der Waals surface area contributed by atoms with E-state index in [1.165, 1.54) is 18.4 Å². The van der Waals surface area contributed by atoms with E-state index in [-0.39, 0.29) is 18.1 Å². The molecule has 1 heterocycles. The Labute approximate surface area is 178 Å². The number of rotatable bonds is 5. The van der Waals surface area contributed by atoms with Crippen molar-refractivity contribution in [2.24, 2.45) is 12.0 Å². The van der Waals surface area contributed by atoms with Crippen LogP contribution in [0.25, 0.3) is 10.6 Å². The van der Waals surface area contributed by atoms with Crippen LogP contribution in [0, 0.1) is 0 Å². The fraction of sp³-hybridized carbons (Fsp3) is 0.524. The quantitative estimate of drug-likeness (QED) is 0.704. The Morgan fingerprint density at radius 2 is 2.03 bits per heavy atom. The van der Waals surface area contributed by atoms with Crippen LogP contribution in [0.1, 0.15) is 48.9 Å². The minimum atomic E-state index is -0.864. The number of benzene rings is 1. The van der Waals surface area contributed by atoms with Crippen LogP contribution in [0.5, 0.6) is 0 Å². The van der Waals surface area contributed by atoms with Crippen molar-refractivity contribution in [3.8, 4) is 10.6 Å². The van der Waals surface area contributed by atoms with Crippen LogP contribution < -0.4 is 10.1 Å². The Balaban J connectivity index is 1.48. The normalized spacial score (nSPS) is 23.1. The maximum atomic E-state index is 12.5. The second-order valence-electron chi connectivity index (χ2n) is 8.02. The van der Waals surface area contributed by atoms with Gasteiger partial charge in [0.15, 0.2) is 0 Å². The number of aromatic nitrogens is 2. The molecule has 0 bridgehead atoms. The van der Waals surface area contributed by atoms with E-state index in [1.54, 1.807) is 16.8 Å². The van der Waals surface area contributed by atoms with Gasteiger partial charge in [-0.25, -0.2) is 9.48 Å². The molecule has 1 amide bonds. The number of aliphatic hydroxyl groups excluding tert-OH is 1. The molecule has 0 aliphatic heterocycles. The highest BCUT2D eigenvalue weighted by Gasteiger charge is 2.52. The number of hydrogen-bond acceptors (Lipinski definition) is 7. The van der Waals surface area contributed by atoms with Gasteiger partial charge in [0.25, 0.3) is 5.91 Å². The fourth-order valence-electron chi connectivity index (χ4n) is 3.75. The van der Waals surface area contributed by atoms with Gasteiger partial charge in [0.1, 0.15) is 10.5 Å². The first-order valence-corrected chi connectivity index (χ1v) is 11.0. The summed E-state index contributed by atoms with van der Waals surface area (Å²) in [7, 11) is 3.19. The topological polar surface area (TPSA) is 106 Å². The van der Waals surface area contributed by atoms with Gasteiger partial charge in [0, 0.05) is 18.2 Å². The van der Waals surface area contributed by atoms with E-state index in [1.807, 2.05) is 19.2 Å². The van der Waals surface area contributed by atoms with Crippen LogP contribution in [0.3, 0.4) is 0 Å². The lowest BCUT2D eigenvalue weighted by Crippen LogP contribution is -2.43. The zero-order valence-electron chi connectivity index (χ0n) is 17.1. The second kappa shape index (κ2) is 8.31. The minimum absolute atomic E-state index is 0.129. The van der Waals surface area contributed by atoms with Crippen molar-refractivity contribution in [2.45, 2.75) is 56.2 Å². The Kier molecular flexibility index (Phi) is 5.75. The summed E-state index contributed by atoms with van der Waals surface area (Å²) in [5, 5.41) is 18.0. The summed E-state index contributed by atoms with van der Waals surface area (Å²) in [6.07, 6.45) is 4.47. The molecule has 2 aromatic rings. The van der Waals surface area contributed by atoms with Gasteiger partial charge in [0.2, 0.25) is 4.80 Å². The lowest BCUT2D eigenvalue weighted by Gasteiger charge is -2.22. The van der Waals surface area contributed by atoms with Gasteiger partial charge in [-0.2, -0.15) is 5.10 Å². The summed E-state index contributed by atoms with van der Waals surface area (Å²) in [4.78, 5) is 29.9. The number of methoxy groups -OCH3 is 1. The third-order valence-corrected chi connectivity index (χ3v) is 6.75. The molecule has 1 aromatic heterocycles. The molecule has 4 rings (SSSR count). The third-order valence-electron chi connectivity index (χ3n) is 5.69. The predicted octanol–water partition coefficient (Wildman–Crippen LogP) is 1.79. The number of nitrogens with zero attached hydrogens (tertiary/aromatic N) is 3. The zero-order valence-corrected chi connectivity index (χ0v) is 17.9. The number of aliphatic hydroxyl groups is 1. The first-order valence-electron chi connectivity index (χ1n) is 10.2. The van der Waals surface area contributed by atoms with Crippen LogP contribution >= 0.6 is 11.3 Å². The number of amides is 1. The van der Waals surface area contributed by atoms with Crippen molar-refractivity contribution in [2.75, 3.05) is 7.11 Å². The Morgan fingerprint density at radius 1 is 1.30 bits per heavy atom. The van der Waals surface area contributed by atoms with E-state index < -0.39 is 11.5 Å². The average Bonchev–Trinajstić information content (AvgIpc) is 3.43. The molecule has 2 N–H and O–H groups in total. The Morgan fingerprint density at radius 3 is 2.67 bits per heavy atom. The number of carbonyl (C=O) groups is 2. The molecule has 8 nitrogen and oxygen atoms in total. The first-order chi connectivity index (χ1) is 14.4. The summed E-state index contributed by atoms with van der Waals surface area (Å²) >= 11 is 1.49. The van der Waals surface area contributed by atoms with Gasteiger partial charge >= 0.3 is 5.97 Å². The summed E-state index contributed by atoms with van der Waals surface area (Å²) in [6, 6.07) is 7.28. The average molecular weight is 431 g/mol. The summed E-state index contributed by atoms with van der Waals surface area (Å²) in [5.41, 5.74) is 0.513. The van der Waals surface area contributed by atoms with E-state index in [0.717, 1.165) is 34.6 Å². The number of nitrogens with one attached hydrogen (secondary N) is 1. The molecule has 2 saturated carbocycles. The Bertz CT molecular complexity index is 1010.